The van der Waals surface area contributed by atoms with E-state index < -0.39 is 4.92 Å². The summed E-state index contributed by atoms with van der Waals surface area (Å²) in [6.45, 7) is 2.03. The maximum Gasteiger partial charge on any atom is 0.282 e. The van der Waals surface area contributed by atoms with Gasteiger partial charge in [0.25, 0.3) is 11.6 Å². The van der Waals surface area contributed by atoms with Crippen LogP contribution in [0.5, 0.6) is 0 Å². The predicted octanol–water partition coefficient (Wildman–Crippen LogP) is 3.15. The molecule has 2 aliphatic carbocycles. The van der Waals surface area contributed by atoms with Gasteiger partial charge >= 0.3 is 0 Å². The minimum Gasteiger partial charge on any atom is -0.349 e. The van der Waals surface area contributed by atoms with Crippen molar-refractivity contribution in [1.82, 2.24) is 5.32 Å². The van der Waals surface area contributed by atoms with Gasteiger partial charge in [-0.15, -0.1) is 0 Å². The fraction of sp³-hybridized carbons (Fsp3) is 0.562. The molecule has 2 fully saturated rings. The van der Waals surface area contributed by atoms with Crippen molar-refractivity contribution in [1.29, 1.82) is 0 Å². The highest BCUT2D eigenvalue weighted by Crippen LogP contribution is 2.49. The molecule has 4 atom stereocenters. The van der Waals surface area contributed by atoms with Crippen molar-refractivity contribution in [2.75, 3.05) is 0 Å². The van der Waals surface area contributed by atoms with Crippen LogP contribution in [-0.2, 0) is 0 Å². The minimum absolute atomic E-state index is 0.0765. The average molecular weight is 288 g/mol. The Bertz CT molecular complexity index is 572. The second kappa shape index (κ2) is 5.47. The Labute approximate surface area is 123 Å². The van der Waals surface area contributed by atoms with Crippen molar-refractivity contribution in [3.05, 3.63) is 39.9 Å². The van der Waals surface area contributed by atoms with Gasteiger partial charge in [-0.1, -0.05) is 18.6 Å². The minimum atomic E-state index is -0.503. The number of hydrogen-bond acceptors (Lipinski definition) is 3. The van der Waals surface area contributed by atoms with E-state index in [4.69, 9.17) is 0 Å². The van der Waals surface area contributed by atoms with Gasteiger partial charge in [0.2, 0.25) is 0 Å². The molecule has 112 valence electrons. The zero-order chi connectivity index (χ0) is 15.0. The molecule has 5 heteroatoms. The predicted molar refractivity (Wildman–Crippen MR) is 79.0 cm³/mol. The van der Waals surface area contributed by atoms with E-state index in [9.17, 15) is 14.9 Å². The summed E-state index contributed by atoms with van der Waals surface area (Å²) in [6.07, 6.45) is 5.06. The number of nitro groups is 1. The van der Waals surface area contributed by atoms with E-state index in [1.165, 1.54) is 37.8 Å². The quantitative estimate of drug-likeness (QED) is 0.683. The fourth-order valence-electron chi connectivity index (χ4n) is 4.12. The number of benzene rings is 1. The Morgan fingerprint density at radius 1 is 1.33 bits per heavy atom. The molecule has 0 saturated heterocycles. The topological polar surface area (TPSA) is 72.2 Å². The lowest BCUT2D eigenvalue weighted by molar-refractivity contribution is -0.385. The summed E-state index contributed by atoms with van der Waals surface area (Å²) in [5, 5.41) is 14.0. The normalized spacial score (nSPS) is 28.3. The number of para-hydroxylation sites is 1. The molecule has 2 bridgehead atoms. The van der Waals surface area contributed by atoms with Crippen LogP contribution in [0.2, 0.25) is 0 Å². The summed E-state index contributed by atoms with van der Waals surface area (Å²) in [7, 11) is 0. The molecule has 0 aliphatic heterocycles. The van der Waals surface area contributed by atoms with E-state index in [-0.39, 0.29) is 23.2 Å². The van der Waals surface area contributed by atoms with Crippen LogP contribution in [-0.4, -0.2) is 16.9 Å². The molecule has 1 aromatic carbocycles. The van der Waals surface area contributed by atoms with Crippen LogP contribution in [0.3, 0.4) is 0 Å². The lowest BCUT2D eigenvalue weighted by Crippen LogP contribution is -2.40. The molecular weight excluding hydrogens is 268 g/mol. The highest BCUT2D eigenvalue weighted by atomic mass is 16.6. The zero-order valence-corrected chi connectivity index (χ0v) is 12.1. The number of amides is 1. The van der Waals surface area contributed by atoms with Crippen LogP contribution in [0.1, 0.15) is 43.0 Å². The number of rotatable bonds is 4. The maximum absolute atomic E-state index is 12.3. The number of nitro benzene ring substituents is 1. The highest BCUT2D eigenvalue weighted by molar-refractivity contribution is 5.98. The van der Waals surface area contributed by atoms with Gasteiger partial charge < -0.3 is 5.32 Å². The Morgan fingerprint density at radius 3 is 2.71 bits per heavy atom. The van der Waals surface area contributed by atoms with Crippen molar-refractivity contribution in [2.45, 2.75) is 38.6 Å². The van der Waals surface area contributed by atoms with Crippen molar-refractivity contribution in [2.24, 2.45) is 17.8 Å². The van der Waals surface area contributed by atoms with Gasteiger partial charge in [-0.25, -0.2) is 0 Å². The Hall–Kier alpha value is -1.91. The van der Waals surface area contributed by atoms with Crippen LogP contribution < -0.4 is 5.32 Å². The van der Waals surface area contributed by atoms with Crippen molar-refractivity contribution >= 4 is 11.6 Å². The molecule has 0 aromatic heterocycles. The van der Waals surface area contributed by atoms with Gasteiger partial charge in [-0.3, -0.25) is 14.9 Å². The molecule has 1 aromatic rings. The molecule has 0 spiro atoms. The lowest BCUT2D eigenvalue weighted by Gasteiger charge is -2.28. The van der Waals surface area contributed by atoms with Gasteiger partial charge in [-0.2, -0.15) is 0 Å². The Kier molecular flexibility index (Phi) is 3.66. The summed E-state index contributed by atoms with van der Waals surface area (Å²) in [4.78, 5) is 22.8. The summed E-state index contributed by atoms with van der Waals surface area (Å²) in [5.41, 5.74) is 0.0210. The second-order valence-corrected chi connectivity index (χ2v) is 6.38. The summed E-state index contributed by atoms with van der Waals surface area (Å²) in [5.74, 6) is 1.73. The summed E-state index contributed by atoms with van der Waals surface area (Å²) < 4.78 is 0. The Morgan fingerprint density at radius 2 is 2.10 bits per heavy atom. The van der Waals surface area contributed by atoms with E-state index in [0.717, 1.165) is 11.8 Å². The standard InChI is InChI=1S/C16H20N2O3/c1-10(14-9-11-6-7-12(14)8-11)17-16(19)13-4-2-3-5-15(13)18(20)21/h2-5,10-12,14H,6-9H2,1H3,(H,17,19)/t10-,11-,12-,14+/m1/s1. The third-order valence-electron chi connectivity index (χ3n) is 5.14. The molecule has 0 unspecified atom stereocenters. The number of fused-ring (bicyclic) bond motifs is 2. The first-order valence-corrected chi connectivity index (χ1v) is 7.60. The van der Waals surface area contributed by atoms with Crippen LogP contribution in [0.15, 0.2) is 24.3 Å². The van der Waals surface area contributed by atoms with E-state index in [2.05, 4.69) is 5.32 Å². The third kappa shape index (κ3) is 2.64. The van der Waals surface area contributed by atoms with E-state index >= 15 is 0 Å². The van der Waals surface area contributed by atoms with E-state index in [0.29, 0.717) is 5.92 Å². The number of carbonyl (C=O) groups is 1. The van der Waals surface area contributed by atoms with Crippen LogP contribution in [0, 0.1) is 27.9 Å². The van der Waals surface area contributed by atoms with Gasteiger partial charge in [0, 0.05) is 12.1 Å². The van der Waals surface area contributed by atoms with Crippen molar-refractivity contribution in [3.8, 4) is 0 Å². The van der Waals surface area contributed by atoms with Crippen molar-refractivity contribution in [3.63, 3.8) is 0 Å². The molecule has 1 N–H and O–H groups in total. The molecule has 21 heavy (non-hydrogen) atoms. The third-order valence-corrected chi connectivity index (χ3v) is 5.14. The van der Waals surface area contributed by atoms with Gasteiger partial charge in [0.1, 0.15) is 5.56 Å². The van der Waals surface area contributed by atoms with Crippen LogP contribution >= 0.6 is 0 Å². The molecule has 3 rings (SSSR count). The number of hydrogen-bond donors (Lipinski definition) is 1. The van der Waals surface area contributed by atoms with Gasteiger partial charge in [-0.05, 0) is 50.0 Å². The molecule has 0 heterocycles. The first-order chi connectivity index (χ1) is 10.1. The SMILES string of the molecule is C[C@@H](NC(=O)c1ccccc1[N+](=O)[O-])[C@@H]1C[C@@H]2CC[C@@H]1C2. The van der Waals surface area contributed by atoms with Gasteiger partial charge in [0.05, 0.1) is 4.92 Å². The molecule has 5 nitrogen and oxygen atoms in total. The molecular formula is C16H20N2O3. The average Bonchev–Trinajstić information content (AvgIpc) is 3.09. The largest absolute Gasteiger partial charge is 0.349 e. The summed E-state index contributed by atoms with van der Waals surface area (Å²) >= 11 is 0. The molecule has 2 saturated carbocycles. The first kappa shape index (κ1) is 14.0. The van der Waals surface area contributed by atoms with E-state index in [1.54, 1.807) is 12.1 Å². The first-order valence-electron chi connectivity index (χ1n) is 7.60. The second-order valence-electron chi connectivity index (χ2n) is 6.38. The van der Waals surface area contributed by atoms with Gasteiger partial charge in [0.15, 0.2) is 0 Å². The van der Waals surface area contributed by atoms with E-state index in [1.807, 2.05) is 6.92 Å². The van der Waals surface area contributed by atoms with Crippen LogP contribution in [0.4, 0.5) is 5.69 Å². The van der Waals surface area contributed by atoms with Crippen molar-refractivity contribution < 1.29 is 9.72 Å². The van der Waals surface area contributed by atoms with Crippen LogP contribution in [0.25, 0.3) is 0 Å². The number of carbonyl (C=O) groups excluding carboxylic acids is 1. The highest BCUT2D eigenvalue weighted by Gasteiger charge is 2.42. The maximum atomic E-state index is 12.3. The summed E-state index contributed by atoms with van der Waals surface area (Å²) in [6, 6.07) is 6.20. The molecule has 1 amide bonds. The molecule has 2 aliphatic rings. The Balaban J connectivity index is 1.70. The molecule has 0 radical (unpaired) electrons. The number of nitrogens with zero attached hydrogens (tertiary/aromatic N) is 1. The number of nitrogens with one attached hydrogen (secondary N) is 1. The fourth-order valence-corrected chi connectivity index (χ4v) is 4.12. The smallest absolute Gasteiger partial charge is 0.282 e. The zero-order valence-electron chi connectivity index (χ0n) is 12.1. The lowest BCUT2D eigenvalue weighted by atomic mass is 9.84. The monoisotopic (exact) mass is 288 g/mol.